The van der Waals surface area contributed by atoms with E-state index in [2.05, 4.69) is 10.9 Å². The summed E-state index contributed by atoms with van der Waals surface area (Å²) in [7, 11) is 0. The fourth-order valence-electron chi connectivity index (χ4n) is 1.30. The maximum absolute atomic E-state index is 11.6. The van der Waals surface area contributed by atoms with Gasteiger partial charge in [0, 0.05) is 0 Å². The number of amides is 2. The number of hydrogen-bond donors (Lipinski definition) is 2. The molecule has 0 radical (unpaired) electrons. The Morgan fingerprint density at radius 1 is 1.15 bits per heavy atom. The Labute approximate surface area is 127 Å². The molecule has 0 spiro atoms. The van der Waals surface area contributed by atoms with Crippen molar-refractivity contribution in [1.82, 2.24) is 10.9 Å². The minimum absolute atomic E-state index is 0.0622. The largest absolute Gasteiger partial charge is 0.443 e. The maximum Gasteiger partial charge on any atom is 0.426 e. The quantitative estimate of drug-likeness (QED) is 0.823. The standard InChI is InChI=1S/C13H16Cl2N2O3/c1-13(2,3)20-12(19)17-16-11(18)7-8-4-5-9(14)10(15)6-8/h4-6H,7H2,1-3H3,(H,16,18)(H,17,19). The van der Waals surface area contributed by atoms with E-state index in [0.29, 0.717) is 15.6 Å². The molecule has 0 unspecified atom stereocenters. The molecule has 110 valence electrons. The van der Waals surface area contributed by atoms with Gasteiger partial charge in [-0.15, -0.1) is 0 Å². The lowest BCUT2D eigenvalue weighted by Crippen LogP contribution is -2.44. The molecule has 1 rings (SSSR count). The fraction of sp³-hybridized carbons (Fsp3) is 0.385. The van der Waals surface area contributed by atoms with E-state index in [4.69, 9.17) is 27.9 Å². The zero-order chi connectivity index (χ0) is 15.3. The van der Waals surface area contributed by atoms with Crippen LogP contribution in [0.3, 0.4) is 0 Å². The first kappa shape index (κ1) is 16.6. The molecular weight excluding hydrogens is 303 g/mol. The molecule has 0 fully saturated rings. The highest BCUT2D eigenvalue weighted by molar-refractivity contribution is 6.42. The number of rotatable bonds is 2. The molecular formula is C13H16Cl2N2O3. The van der Waals surface area contributed by atoms with E-state index in [9.17, 15) is 9.59 Å². The van der Waals surface area contributed by atoms with E-state index in [-0.39, 0.29) is 6.42 Å². The number of carbonyl (C=O) groups is 2. The summed E-state index contributed by atoms with van der Waals surface area (Å²) >= 11 is 11.6. The molecule has 0 heterocycles. The molecule has 2 N–H and O–H groups in total. The van der Waals surface area contributed by atoms with Gasteiger partial charge in [-0.3, -0.25) is 10.2 Å². The molecule has 0 aliphatic carbocycles. The normalized spacial score (nSPS) is 10.8. The van der Waals surface area contributed by atoms with Crippen LogP contribution in [0.1, 0.15) is 26.3 Å². The van der Waals surface area contributed by atoms with Crippen molar-refractivity contribution in [3.8, 4) is 0 Å². The van der Waals surface area contributed by atoms with Crippen LogP contribution in [0.5, 0.6) is 0 Å². The van der Waals surface area contributed by atoms with Gasteiger partial charge in [-0.1, -0.05) is 29.3 Å². The minimum Gasteiger partial charge on any atom is -0.443 e. The number of benzene rings is 1. The first-order valence-corrected chi connectivity index (χ1v) is 6.65. The average molecular weight is 319 g/mol. The molecule has 0 saturated heterocycles. The third-order valence-electron chi connectivity index (χ3n) is 2.05. The van der Waals surface area contributed by atoms with E-state index in [1.165, 1.54) is 0 Å². The van der Waals surface area contributed by atoms with Crippen LogP contribution in [0.4, 0.5) is 4.79 Å². The Morgan fingerprint density at radius 3 is 2.35 bits per heavy atom. The Morgan fingerprint density at radius 2 is 1.80 bits per heavy atom. The molecule has 0 bridgehead atoms. The zero-order valence-electron chi connectivity index (χ0n) is 11.4. The number of hydrazine groups is 1. The minimum atomic E-state index is -0.722. The molecule has 0 atom stereocenters. The molecule has 0 aliphatic heterocycles. The third kappa shape index (κ3) is 6.12. The summed E-state index contributed by atoms with van der Waals surface area (Å²) in [6, 6.07) is 4.88. The Bertz CT molecular complexity index is 513. The number of carbonyl (C=O) groups excluding carboxylic acids is 2. The molecule has 0 aliphatic rings. The van der Waals surface area contributed by atoms with Gasteiger partial charge in [-0.05, 0) is 38.5 Å². The summed E-state index contributed by atoms with van der Waals surface area (Å²) in [6.07, 6.45) is -0.660. The number of hydrogen-bond acceptors (Lipinski definition) is 3. The highest BCUT2D eigenvalue weighted by Gasteiger charge is 2.16. The van der Waals surface area contributed by atoms with Crippen LogP contribution in [0.25, 0.3) is 0 Å². The van der Waals surface area contributed by atoms with Gasteiger partial charge in [0.25, 0.3) is 0 Å². The first-order valence-electron chi connectivity index (χ1n) is 5.89. The number of nitrogens with one attached hydrogen (secondary N) is 2. The lowest BCUT2D eigenvalue weighted by Gasteiger charge is -2.19. The van der Waals surface area contributed by atoms with E-state index in [0.717, 1.165) is 0 Å². The molecule has 7 heteroatoms. The SMILES string of the molecule is CC(C)(C)OC(=O)NNC(=O)Cc1ccc(Cl)c(Cl)c1. The highest BCUT2D eigenvalue weighted by Crippen LogP contribution is 2.22. The Kier molecular flexibility index (Phi) is 5.65. The average Bonchev–Trinajstić information content (AvgIpc) is 2.29. The van der Waals surface area contributed by atoms with Crippen LogP contribution < -0.4 is 10.9 Å². The maximum atomic E-state index is 11.6. The zero-order valence-corrected chi connectivity index (χ0v) is 12.9. The molecule has 1 aromatic carbocycles. The van der Waals surface area contributed by atoms with Crippen molar-refractivity contribution >= 4 is 35.2 Å². The molecule has 5 nitrogen and oxygen atoms in total. The number of ether oxygens (including phenoxy) is 1. The smallest absolute Gasteiger partial charge is 0.426 e. The molecule has 2 amide bonds. The van der Waals surface area contributed by atoms with Crippen LogP contribution in [-0.2, 0) is 16.0 Å². The summed E-state index contributed by atoms with van der Waals surface area (Å²) in [5.41, 5.74) is 4.47. The van der Waals surface area contributed by atoms with Gasteiger partial charge in [0.15, 0.2) is 0 Å². The summed E-state index contributed by atoms with van der Waals surface area (Å²) in [5.74, 6) is -0.394. The van der Waals surface area contributed by atoms with Crippen molar-refractivity contribution in [3.63, 3.8) is 0 Å². The topological polar surface area (TPSA) is 67.4 Å². The predicted molar refractivity (Wildman–Crippen MR) is 77.7 cm³/mol. The second kappa shape index (κ2) is 6.81. The monoisotopic (exact) mass is 318 g/mol. The van der Waals surface area contributed by atoms with Crippen LogP contribution in [0.2, 0.25) is 10.0 Å². The van der Waals surface area contributed by atoms with Gasteiger partial charge in [-0.25, -0.2) is 10.2 Å². The summed E-state index contributed by atoms with van der Waals surface area (Å²) in [5, 5.41) is 0.791. The fourth-order valence-corrected chi connectivity index (χ4v) is 1.62. The van der Waals surface area contributed by atoms with Crippen molar-refractivity contribution in [2.45, 2.75) is 32.8 Å². The van der Waals surface area contributed by atoms with Gasteiger partial charge in [-0.2, -0.15) is 0 Å². The molecule has 20 heavy (non-hydrogen) atoms. The van der Waals surface area contributed by atoms with Crippen LogP contribution in [0.15, 0.2) is 18.2 Å². The van der Waals surface area contributed by atoms with Gasteiger partial charge >= 0.3 is 6.09 Å². The molecule has 0 saturated carbocycles. The van der Waals surface area contributed by atoms with Crippen molar-refractivity contribution in [1.29, 1.82) is 0 Å². The van der Waals surface area contributed by atoms with Crippen LogP contribution >= 0.6 is 23.2 Å². The van der Waals surface area contributed by atoms with Crippen molar-refractivity contribution in [2.24, 2.45) is 0 Å². The van der Waals surface area contributed by atoms with Crippen molar-refractivity contribution in [3.05, 3.63) is 33.8 Å². The van der Waals surface area contributed by atoms with E-state index in [1.54, 1.807) is 39.0 Å². The summed E-state index contributed by atoms with van der Waals surface area (Å²) in [4.78, 5) is 22.9. The van der Waals surface area contributed by atoms with Crippen molar-refractivity contribution < 1.29 is 14.3 Å². The Balaban J connectivity index is 2.44. The molecule has 1 aromatic rings. The summed E-state index contributed by atoms with van der Waals surface area (Å²) in [6.45, 7) is 5.18. The van der Waals surface area contributed by atoms with Crippen molar-refractivity contribution in [2.75, 3.05) is 0 Å². The third-order valence-corrected chi connectivity index (χ3v) is 2.79. The van der Waals surface area contributed by atoms with Crippen LogP contribution in [-0.4, -0.2) is 17.6 Å². The highest BCUT2D eigenvalue weighted by atomic mass is 35.5. The van der Waals surface area contributed by atoms with E-state index in [1.807, 2.05) is 0 Å². The van der Waals surface area contributed by atoms with E-state index >= 15 is 0 Å². The Hall–Kier alpha value is -1.46. The summed E-state index contributed by atoms with van der Waals surface area (Å²) < 4.78 is 4.97. The predicted octanol–water partition coefficient (Wildman–Crippen LogP) is 3.09. The van der Waals surface area contributed by atoms with Crippen LogP contribution in [0, 0.1) is 0 Å². The van der Waals surface area contributed by atoms with Gasteiger partial charge in [0.05, 0.1) is 16.5 Å². The van der Waals surface area contributed by atoms with Gasteiger partial charge in [0.2, 0.25) is 5.91 Å². The second-order valence-corrected chi connectivity index (χ2v) is 5.91. The molecule has 0 aromatic heterocycles. The van der Waals surface area contributed by atoms with Gasteiger partial charge < -0.3 is 4.74 Å². The second-order valence-electron chi connectivity index (χ2n) is 5.10. The lowest BCUT2D eigenvalue weighted by molar-refractivity contribution is -0.121. The number of halogens is 2. The first-order chi connectivity index (χ1) is 9.17. The van der Waals surface area contributed by atoms with Gasteiger partial charge in [0.1, 0.15) is 5.60 Å². The lowest BCUT2D eigenvalue weighted by atomic mass is 10.1. The van der Waals surface area contributed by atoms with E-state index < -0.39 is 17.6 Å².